The molecule has 2 fully saturated rings. The fraction of sp³-hybridized carbons (Fsp3) is 0.647. The van der Waals surface area contributed by atoms with Crippen LogP contribution in [0.25, 0.3) is 0 Å². The minimum Gasteiger partial charge on any atom is -0.497 e. The van der Waals surface area contributed by atoms with E-state index >= 15 is 0 Å². The van der Waals surface area contributed by atoms with Gasteiger partial charge in [-0.3, -0.25) is 0 Å². The molecule has 3 heteroatoms. The lowest BCUT2D eigenvalue weighted by Crippen LogP contribution is -2.33. The Kier molecular flexibility index (Phi) is 4.46. The van der Waals surface area contributed by atoms with E-state index < -0.39 is 0 Å². The topological polar surface area (TPSA) is 24.5 Å². The number of rotatable bonds is 3. The van der Waals surface area contributed by atoms with Crippen molar-refractivity contribution in [3.8, 4) is 5.75 Å². The number of piperidine rings is 2. The van der Waals surface area contributed by atoms with E-state index in [-0.39, 0.29) is 0 Å². The first-order valence-electron chi connectivity index (χ1n) is 8.02. The summed E-state index contributed by atoms with van der Waals surface area (Å²) in [6.45, 7) is 4.69. The summed E-state index contributed by atoms with van der Waals surface area (Å²) < 4.78 is 5.45. The van der Waals surface area contributed by atoms with Crippen LogP contribution in [0.5, 0.6) is 5.75 Å². The number of nitrogens with zero attached hydrogens (tertiary/aromatic N) is 1. The van der Waals surface area contributed by atoms with Gasteiger partial charge in [0.15, 0.2) is 0 Å². The number of hydrogen-bond acceptors (Lipinski definition) is 3. The van der Waals surface area contributed by atoms with Crippen LogP contribution in [0.1, 0.15) is 43.6 Å². The Bertz CT molecular complexity index is 435. The molecule has 0 radical (unpaired) electrons. The lowest BCUT2D eigenvalue weighted by atomic mass is 9.89. The van der Waals surface area contributed by atoms with Gasteiger partial charge in [0.25, 0.3) is 0 Å². The van der Waals surface area contributed by atoms with Gasteiger partial charge in [0.1, 0.15) is 5.75 Å². The molecule has 1 N–H and O–H groups in total. The Labute approximate surface area is 122 Å². The van der Waals surface area contributed by atoms with Crippen molar-refractivity contribution < 1.29 is 4.74 Å². The minimum atomic E-state index is 0.635. The number of nitrogens with one attached hydrogen (secondary N) is 1. The van der Waals surface area contributed by atoms with Gasteiger partial charge in [-0.25, -0.2) is 0 Å². The zero-order valence-electron chi connectivity index (χ0n) is 12.5. The summed E-state index contributed by atoms with van der Waals surface area (Å²) in [7, 11) is 1.76. The number of benzene rings is 1. The van der Waals surface area contributed by atoms with Crippen LogP contribution in [0.15, 0.2) is 18.2 Å². The number of ether oxygens (including phenoxy) is 1. The van der Waals surface area contributed by atoms with Crippen LogP contribution < -0.4 is 15.0 Å². The number of methoxy groups -OCH3 is 1. The SMILES string of the molecule is COc1ccc(N2CCCCC2)c(C2CCCNC2)c1. The van der Waals surface area contributed by atoms with Gasteiger partial charge >= 0.3 is 0 Å². The molecule has 1 atom stereocenters. The average Bonchev–Trinajstić information content (AvgIpc) is 2.56. The van der Waals surface area contributed by atoms with Crippen molar-refractivity contribution in [2.75, 3.05) is 38.2 Å². The smallest absolute Gasteiger partial charge is 0.119 e. The van der Waals surface area contributed by atoms with Gasteiger partial charge < -0.3 is 15.0 Å². The van der Waals surface area contributed by atoms with E-state index in [0.717, 1.165) is 12.3 Å². The molecule has 0 spiro atoms. The number of hydrogen-bond donors (Lipinski definition) is 1. The van der Waals surface area contributed by atoms with E-state index in [1.165, 1.54) is 63.0 Å². The molecular formula is C17H26N2O. The monoisotopic (exact) mass is 274 g/mol. The third kappa shape index (κ3) is 2.93. The lowest BCUT2D eigenvalue weighted by Gasteiger charge is -2.34. The van der Waals surface area contributed by atoms with E-state index in [2.05, 4.69) is 28.4 Å². The van der Waals surface area contributed by atoms with Crippen molar-refractivity contribution >= 4 is 5.69 Å². The molecule has 1 aromatic carbocycles. The van der Waals surface area contributed by atoms with E-state index in [1.54, 1.807) is 7.11 Å². The highest BCUT2D eigenvalue weighted by Crippen LogP contribution is 2.35. The van der Waals surface area contributed by atoms with Crippen molar-refractivity contribution in [1.82, 2.24) is 5.32 Å². The second-order valence-electron chi connectivity index (χ2n) is 6.02. The van der Waals surface area contributed by atoms with E-state index in [1.807, 2.05) is 0 Å². The summed E-state index contributed by atoms with van der Waals surface area (Å²) in [6.07, 6.45) is 6.61. The quantitative estimate of drug-likeness (QED) is 0.916. The van der Waals surface area contributed by atoms with Crippen molar-refractivity contribution in [2.45, 2.75) is 38.0 Å². The predicted molar refractivity (Wildman–Crippen MR) is 83.9 cm³/mol. The van der Waals surface area contributed by atoms with Crippen molar-refractivity contribution in [1.29, 1.82) is 0 Å². The Hall–Kier alpha value is -1.22. The Morgan fingerprint density at radius 1 is 1.15 bits per heavy atom. The van der Waals surface area contributed by atoms with Gasteiger partial charge in [0.2, 0.25) is 0 Å². The second-order valence-corrected chi connectivity index (χ2v) is 6.02. The van der Waals surface area contributed by atoms with Gasteiger partial charge in [-0.2, -0.15) is 0 Å². The molecule has 3 nitrogen and oxygen atoms in total. The van der Waals surface area contributed by atoms with Crippen LogP contribution in [0.3, 0.4) is 0 Å². The van der Waals surface area contributed by atoms with Crippen molar-refractivity contribution in [3.63, 3.8) is 0 Å². The molecule has 0 bridgehead atoms. The van der Waals surface area contributed by atoms with Crippen LogP contribution in [0.4, 0.5) is 5.69 Å². The van der Waals surface area contributed by atoms with Gasteiger partial charge in [0.05, 0.1) is 7.11 Å². The van der Waals surface area contributed by atoms with Gasteiger partial charge in [-0.1, -0.05) is 0 Å². The summed E-state index contributed by atoms with van der Waals surface area (Å²) in [5, 5.41) is 3.54. The highest BCUT2D eigenvalue weighted by molar-refractivity contribution is 5.58. The third-order valence-electron chi connectivity index (χ3n) is 4.67. The van der Waals surface area contributed by atoms with Gasteiger partial charge in [-0.05, 0) is 68.3 Å². The zero-order valence-corrected chi connectivity index (χ0v) is 12.5. The van der Waals surface area contributed by atoms with Crippen molar-refractivity contribution in [2.24, 2.45) is 0 Å². The molecule has 0 saturated carbocycles. The van der Waals surface area contributed by atoms with Crippen LogP contribution in [0.2, 0.25) is 0 Å². The largest absolute Gasteiger partial charge is 0.497 e. The minimum absolute atomic E-state index is 0.635. The molecule has 2 saturated heterocycles. The van der Waals surface area contributed by atoms with Crippen LogP contribution in [-0.4, -0.2) is 33.3 Å². The standard InChI is InChI=1S/C17H26N2O/c1-20-15-7-8-17(19-10-3-2-4-11-19)16(12-15)14-6-5-9-18-13-14/h7-8,12,14,18H,2-6,9-11,13H2,1H3. The van der Waals surface area contributed by atoms with Crippen LogP contribution in [-0.2, 0) is 0 Å². The summed E-state index contributed by atoms with van der Waals surface area (Å²) >= 11 is 0. The maximum atomic E-state index is 5.45. The first-order chi connectivity index (χ1) is 9.88. The molecule has 1 aromatic rings. The van der Waals surface area contributed by atoms with Gasteiger partial charge in [0, 0.05) is 25.3 Å². The molecule has 1 unspecified atom stereocenters. The summed E-state index contributed by atoms with van der Waals surface area (Å²) in [5.74, 6) is 1.63. The normalized spacial score (nSPS) is 23.6. The molecule has 2 heterocycles. The summed E-state index contributed by atoms with van der Waals surface area (Å²) in [5.41, 5.74) is 2.93. The van der Waals surface area contributed by atoms with E-state index in [0.29, 0.717) is 5.92 Å². The fourth-order valence-corrected chi connectivity index (χ4v) is 3.53. The van der Waals surface area contributed by atoms with Crippen LogP contribution >= 0.6 is 0 Å². The van der Waals surface area contributed by atoms with Gasteiger partial charge in [-0.15, -0.1) is 0 Å². The molecule has 0 aromatic heterocycles. The molecule has 0 amide bonds. The molecule has 3 rings (SSSR count). The zero-order chi connectivity index (χ0) is 13.8. The first kappa shape index (κ1) is 13.7. The third-order valence-corrected chi connectivity index (χ3v) is 4.67. The molecular weight excluding hydrogens is 248 g/mol. The maximum absolute atomic E-state index is 5.45. The molecule has 2 aliphatic heterocycles. The van der Waals surface area contributed by atoms with Crippen LogP contribution in [0, 0.1) is 0 Å². The molecule has 2 aliphatic rings. The summed E-state index contributed by atoms with van der Waals surface area (Å²) in [6, 6.07) is 6.65. The average molecular weight is 274 g/mol. The number of anilines is 1. The maximum Gasteiger partial charge on any atom is 0.119 e. The molecule has 20 heavy (non-hydrogen) atoms. The molecule has 110 valence electrons. The Morgan fingerprint density at radius 2 is 2.00 bits per heavy atom. The fourth-order valence-electron chi connectivity index (χ4n) is 3.53. The predicted octanol–water partition coefficient (Wildman–Crippen LogP) is 3.15. The summed E-state index contributed by atoms with van der Waals surface area (Å²) in [4.78, 5) is 2.58. The Morgan fingerprint density at radius 3 is 2.70 bits per heavy atom. The highest BCUT2D eigenvalue weighted by Gasteiger charge is 2.22. The first-order valence-corrected chi connectivity index (χ1v) is 8.02. The highest BCUT2D eigenvalue weighted by atomic mass is 16.5. The van der Waals surface area contributed by atoms with Crippen molar-refractivity contribution in [3.05, 3.63) is 23.8 Å². The second kappa shape index (κ2) is 6.49. The van der Waals surface area contributed by atoms with E-state index in [4.69, 9.17) is 4.74 Å². The van der Waals surface area contributed by atoms with E-state index in [9.17, 15) is 0 Å². The Balaban J connectivity index is 1.90. The molecule has 0 aliphatic carbocycles. The lowest BCUT2D eigenvalue weighted by molar-refractivity contribution is 0.411.